The summed E-state index contributed by atoms with van der Waals surface area (Å²) in [7, 11) is 0. The van der Waals surface area contributed by atoms with E-state index in [1.165, 1.54) is 27.8 Å². The van der Waals surface area contributed by atoms with Gasteiger partial charge in [-0.3, -0.25) is 0 Å². The Labute approximate surface area is 256 Å². The minimum absolute atomic E-state index is 0.500. The Morgan fingerprint density at radius 3 is 1.50 bits per heavy atom. The van der Waals surface area contributed by atoms with E-state index >= 15 is 0 Å². The number of rotatable bonds is 5. The fraction of sp³-hybridized carbons (Fsp3) is 0.0250. The van der Waals surface area contributed by atoms with E-state index in [-0.39, 0.29) is 0 Å². The zero-order valence-corrected chi connectivity index (χ0v) is 23.9. The van der Waals surface area contributed by atoms with Gasteiger partial charge in [0.15, 0.2) is 17.5 Å². The standard InChI is InChI=1S/C40H28N4/c41-31-25-23-28(24-26-31)38-42-37(27-13-4-1-5-14-27)43-39(44-38)33-20-12-22-35-36(33)32-19-10-11-21-34(32)40(35,29-15-6-2-7-16-29)30-17-8-3-9-18-30/h1-26H,41H2. The van der Waals surface area contributed by atoms with Crippen LogP contribution in [0, 0.1) is 0 Å². The van der Waals surface area contributed by atoms with Crippen molar-refractivity contribution in [1.82, 2.24) is 15.0 Å². The van der Waals surface area contributed by atoms with Crippen LogP contribution in [0.15, 0.2) is 158 Å². The van der Waals surface area contributed by atoms with Crippen molar-refractivity contribution in [2.75, 3.05) is 5.73 Å². The van der Waals surface area contributed by atoms with Gasteiger partial charge in [-0.2, -0.15) is 0 Å². The van der Waals surface area contributed by atoms with E-state index in [9.17, 15) is 0 Å². The maximum Gasteiger partial charge on any atom is 0.164 e. The molecule has 0 saturated heterocycles. The molecule has 0 bridgehead atoms. The van der Waals surface area contributed by atoms with Gasteiger partial charge in [-0.1, -0.05) is 133 Å². The molecule has 0 spiro atoms. The molecule has 0 aliphatic heterocycles. The predicted molar refractivity (Wildman–Crippen MR) is 178 cm³/mol. The fourth-order valence-corrected chi connectivity index (χ4v) is 6.65. The van der Waals surface area contributed by atoms with Gasteiger partial charge in [0.2, 0.25) is 0 Å². The molecular formula is C40H28N4. The molecule has 8 rings (SSSR count). The Balaban J connectivity index is 1.44. The summed E-state index contributed by atoms with van der Waals surface area (Å²) in [5.41, 5.74) is 16.2. The highest BCUT2D eigenvalue weighted by Gasteiger charge is 2.46. The summed E-state index contributed by atoms with van der Waals surface area (Å²) < 4.78 is 0. The van der Waals surface area contributed by atoms with Gasteiger partial charge in [0.05, 0.1) is 5.41 Å². The van der Waals surface area contributed by atoms with Crippen molar-refractivity contribution < 1.29 is 0 Å². The summed E-state index contributed by atoms with van der Waals surface area (Å²) in [5, 5.41) is 0. The van der Waals surface area contributed by atoms with E-state index in [1.807, 2.05) is 54.6 Å². The van der Waals surface area contributed by atoms with Gasteiger partial charge < -0.3 is 5.73 Å². The van der Waals surface area contributed by atoms with Crippen LogP contribution < -0.4 is 5.73 Å². The van der Waals surface area contributed by atoms with Crippen molar-refractivity contribution >= 4 is 5.69 Å². The van der Waals surface area contributed by atoms with Crippen LogP contribution in [0.5, 0.6) is 0 Å². The van der Waals surface area contributed by atoms with Crippen LogP contribution in [-0.4, -0.2) is 15.0 Å². The van der Waals surface area contributed by atoms with Gasteiger partial charge in [0, 0.05) is 22.4 Å². The van der Waals surface area contributed by atoms with E-state index in [0.29, 0.717) is 23.2 Å². The average Bonchev–Trinajstić information content (AvgIpc) is 3.41. The van der Waals surface area contributed by atoms with E-state index in [0.717, 1.165) is 22.3 Å². The van der Waals surface area contributed by atoms with E-state index in [2.05, 4.69) is 103 Å². The maximum atomic E-state index is 6.02. The van der Waals surface area contributed by atoms with Crippen LogP contribution in [0.2, 0.25) is 0 Å². The number of nitrogens with zero attached hydrogens (tertiary/aromatic N) is 3. The summed E-state index contributed by atoms with van der Waals surface area (Å²) in [6.07, 6.45) is 0. The number of nitrogen functional groups attached to an aromatic ring is 1. The van der Waals surface area contributed by atoms with Crippen molar-refractivity contribution in [3.05, 3.63) is 180 Å². The molecule has 1 aliphatic rings. The Morgan fingerprint density at radius 2 is 0.864 bits per heavy atom. The number of benzene rings is 6. The molecule has 208 valence electrons. The molecule has 7 aromatic rings. The fourth-order valence-electron chi connectivity index (χ4n) is 6.65. The normalized spacial score (nSPS) is 12.8. The first kappa shape index (κ1) is 25.8. The minimum atomic E-state index is -0.500. The van der Waals surface area contributed by atoms with Gasteiger partial charge in [-0.05, 0) is 57.6 Å². The van der Waals surface area contributed by atoms with Crippen LogP contribution in [0.25, 0.3) is 45.3 Å². The largest absolute Gasteiger partial charge is 0.399 e. The van der Waals surface area contributed by atoms with Gasteiger partial charge >= 0.3 is 0 Å². The number of nitrogens with two attached hydrogens (primary N) is 1. The zero-order chi connectivity index (χ0) is 29.5. The molecule has 4 heteroatoms. The number of aromatic nitrogens is 3. The molecule has 6 aromatic carbocycles. The molecule has 1 aromatic heterocycles. The summed E-state index contributed by atoms with van der Waals surface area (Å²) >= 11 is 0. The Bertz CT molecular complexity index is 2070. The quantitative estimate of drug-likeness (QED) is 0.212. The molecule has 1 aliphatic carbocycles. The van der Waals surface area contributed by atoms with E-state index < -0.39 is 5.41 Å². The van der Waals surface area contributed by atoms with Crippen molar-refractivity contribution in [3.63, 3.8) is 0 Å². The molecule has 0 unspecified atom stereocenters. The van der Waals surface area contributed by atoms with Crippen molar-refractivity contribution in [1.29, 1.82) is 0 Å². The van der Waals surface area contributed by atoms with Crippen LogP contribution in [0.3, 0.4) is 0 Å². The summed E-state index contributed by atoms with van der Waals surface area (Å²) in [4.78, 5) is 15.2. The second kappa shape index (κ2) is 10.4. The number of fused-ring (bicyclic) bond motifs is 3. The second-order valence-electron chi connectivity index (χ2n) is 11.1. The average molecular weight is 565 g/mol. The molecule has 1 heterocycles. The summed E-state index contributed by atoms with van der Waals surface area (Å²) in [6, 6.07) is 54.7. The Hall–Kier alpha value is -5.87. The van der Waals surface area contributed by atoms with Crippen LogP contribution in [0.1, 0.15) is 22.3 Å². The molecule has 0 radical (unpaired) electrons. The SMILES string of the molecule is Nc1ccc(-c2nc(-c3ccccc3)nc(-c3cccc4c3-c3ccccc3C4(c3ccccc3)c3ccccc3)n2)cc1. The van der Waals surface area contributed by atoms with Crippen LogP contribution in [-0.2, 0) is 5.41 Å². The van der Waals surface area contributed by atoms with Crippen molar-refractivity contribution in [3.8, 4) is 45.3 Å². The highest BCUT2D eigenvalue weighted by Crippen LogP contribution is 2.57. The lowest BCUT2D eigenvalue weighted by Crippen LogP contribution is -2.28. The van der Waals surface area contributed by atoms with Crippen LogP contribution >= 0.6 is 0 Å². The topological polar surface area (TPSA) is 64.7 Å². The highest BCUT2D eigenvalue weighted by atomic mass is 15.0. The number of hydrogen-bond donors (Lipinski definition) is 1. The lowest BCUT2D eigenvalue weighted by molar-refractivity contribution is 0.768. The number of anilines is 1. The molecular weight excluding hydrogens is 536 g/mol. The monoisotopic (exact) mass is 564 g/mol. The molecule has 0 fully saturated rings. The van der Waals surface area contributed by atoms with Gasteiger partial charge in [0.1, 0.15) is 0 Å². The summed E-state index contributed by atoms with van der Waals surface area (Å²) in [6.45, 7) is 0. The van der Waals surface area contributed by atoms with Gasteiger partial charge in [0.25, 0.3) is 0 Å². The lowest BCUT2D eigenvalue weighted by Gasteiger charge is -2.33. The van der Waals surface area contributed by atoms with Gasteiger partial charge in [-0.25, -0.2) is 15.0 Å². The van der Waals surface area contributed by atoms with Crippen molar-refractivity contribution in [2.45, 2.75) is 5.41 Å². The van der Waals surface area contributed by atoms with Crippen molar-refractivity contribution in [2.24, 2.45) is 0 Å². The first-order valence-electron chi connectivity index (χ1n) is 14.8. The van der Waals surface area contributed by atoms with Crippen LogP contribution in [0.4, 0.5) is 5.69 Å². The first-order chi connectivity index (χ1) is 21.7. The Kier molecular flexibility index (Phi) is 6.13. The van der Waals surface area contributed by atoms with E-state index in [4.69, 9.17) is 20.7 Å². The predicted octanol–water partition coefficient (Wildman–Crippen LogP) is 8.82. The molecule has 4 nitrogen and oxygen atoms in total. The maximum absolute atomic E-state index is 6.02. The highest BCUT2D eigenvalue weighted by molar-refractivity contribution is 5.94. The lowest BCUT2D eigenvalue weighted by atomic mass is 9.67. The molecule has 0 saturated carbocycles. The molecule has 0 atom stereocenters. The third-order valence-electron chi connectivity index (χ3n) is 8.56. The van der Waals surface area contributed by atoms with E-state index in [1.54, 1.807) is 0 Å². The third kappa shape index (κ3) is 4.03. The minimum Gasteiger partial charge on any atom is -0.399 e. The molecule has 0 amide bonds. The summed E-state index contributed by atoms with van der Waals surface area (Å²) in [5.74, 6) is 1.87. The third-order valence-corrected chi connectivity index (χ3v) is 8.56. The number of hydrogen-bond acceptors (Lipinski definition) is 4. The zero-order valence-electron chi connectivity index (χ0n) is 23.9. The molecule has 2 N–H and O–H groups in total. The first-order valence-corrected chi connectivity index (χ1v) is 14.8. The Morgan fingerprint density at radius 1 is 0.386 bits per heavy atom. The van der Waals surface area contributed by atoms with Gasteiger partial charge in [-0.15, -0.1) is 0 Å². The molecule has 44 heavy (non-hydrogen) atoms. The second-order valence-corrected chi connectivity index (χ2v) is 11.1. The smallest absolute Gasteiger partial charge is 0.164 e.